The van der Waals surface area contributed by atoms with Crippen LogP contribution in [0.4, 0.5) is 5.69 Å². The largest absolute Gasteiger partial charge is 0.372 e. The molecule has 0 bridgehead atoms. The first-order valence-corrected chi connectivity index (χ1v) is 11.6. The number of hydrogen-bond acceptors (Lipinski definition) is 3. The van der Waals surface area contributed by atoms with Crippen LogP contribution < -0.4 is 21.1 Å². The van der Waals surface area contributed by atoms with Crippen molar-refractivity contribution in [2.24, 2.45) is 4.99 Å². The quantitative estimate of drug-likeness (QED) is 0.365. The molecule has 1 atom stereocenters. The summed E-state index contributed by atoms with van der Waals surface area (Å²) in [5, 5.41) is 6.90. The molecule has 2 aromatic rings. The highest BCUT2D eigenvalue weighted by Crippen LogP contribution is 2.23. The Morgan fingerprint density at radius 1 is 1.13 bits per heavy atom. The highest BCUT2D eigenvalue weighted by atomic mass is 16.1. The Bertz CT molecular complexity index is 914. The number of aryl methyl sites for hydroxylation is 1. The van der Waals surface area contributed by atoms with Gasteiger partial charge in [-0.3, -0.25) is 9.79 Å². The molecule has 6 nitrogen and oxygen atoms in total. The minimum atomic E-state index is 0.0727. The van der Waals surface area contributed by atoms with E-state index in [9.17, 15) is 4.79 Å². The van der Waals surface area contributed by atoms with E-state index in [1.165, 1.54) is 24.1 Å². The predicted octanol–water partition coefficient (Wildman–Crippen LogP) is 3.85. The van der Waals surface area contributed by atoms with Gasteiger partial charge >= 0.3 is 0 Å². The van der Waals surface area contributed by atoms with Crippen molar-refractivity contribution < 1.29 is 0 Å². The molecule has 1 unspecified atom stereocenters. The molecule has 2 heterocycles. The number of unbranched alkanes of at least 4 members (excludes halogenated alkanes) is 1. The van der Waals surface area contributed by atoms with Crippen LogP contribution >= 0.6 is 0 Å². The Kier molecular flexibility index (Phi) is 8.56. The monoisotopic (exact) mass is 423 g/mol. The van der Waals surface area contributed by atoms with Crippen LogP contribution in [0.15, 0.2) is 52.3 Å². The average Bonchev–Trinajstić information content (AvgIpc) is 3.30. The maximum absolute atomic E-state index is 12.0. The van der Waals surface area contributed by atoms with Gasteiger partial charge in [-0.25, -0.2) is 0 Å². The minimum Gasteiger partial charge on any atom is -0.372 e. The second-order valence-corrected chi connectivity index (χ2v) is 8.28. The van der Waals surface area contributed by atoms with E-state index in [2.05, 4.69) is 53.6 Å². The third kappa shape index (κ3) is 6.61. The molecule has 2 N–H and O–H groups in total. The van der Waals surface area contributed by atoms with Gasteiger partial charge in [-0.1, -0.05) is 18.2 Å². The van der Waals surface area contributed by atoms with E-state index in [-0.39, 0.29) is 11.6 Å². The van der Waals surface area contributed by atoms with Gasteiger partial charge in [0.2, 0.25) is 0 Å². The first-order valence-electron chi connectivity index (χ1n) is 11.6. The van der Waals surface area contributed by atoms with E-state index in [0.717, 1.165) is 57.2 Å². The highest BCUT2D eigenvalue weighted by molar-refractivity contribution is 5.80. The molecule has 1 aliphatic rings. The van der Waals surface area contributed by atoms with Gasteiger partial charge in [-0.2, -0.15) is 0 Å². The van der Waals surface area contributed by atoms with E-state index in [4.69, 9.17) is 4.99 Å². The molecular weight excluding hydrogens is 386 g/mol. The van der Waals surface area contributed by atoms with Crippen LogP contribution in [0.1, 0.15) is 56.8 Å². The minimum absolute atomic E-state index is 0.0727. The maximum Gasteiger partial charge on any atom is 0.250 e. The molecule has 6 heteroatoms. The van der Waals surface area contributed by atoms with E-state index in [1.807, 2.05) is 23.6 Å². The number of guanidine groups is 1. The second kappa shape index (κ2) is 11.6. The molecule has 3 rings (SSSR count). The number of aliphatic imine (C=N–C) groups is 1. The summed E-state index contributed by atoms with van der Waals surface area (Å²) in [4.78, 5) is 19.2. The first kappa shape index (κ1) is 22.9. The van der Waals surface area contributed by atoms with Crippen LogP contribution in [-0.2, 0) is 6.54 Å². The Morgan fingerprint density at radius 2 is 1.90 bits per heavy atom. The van der Waals surface area contributed by atoms with Gasteiger partial charge in [0.15, 0.2) is 5.96 Å². The number of aromatic nitrogens is 1. The van der Waals surface area contributed by atoms with E-state index < -0.39 is 0 Å². The number of nitrogens with one attached hydrogen (secondary N) is 2. The lowest BCUT2D eigenvalue weighted by atomic mass is 10.1. The standard InChI is InChI=1S/C25H37N5O/c1-4-26-25(27-15-5-6-18-30-20(2)11-9-14-24(30)31)28-21(3)22-12-10-13-23(19-22)29-16-7-8-17-29/h9-14,19,21H,4-8,15-18H2,1-3H3,(H2,26,27,28). The van der Waals surface area contributed by atoms with Gasteiger partial charge in [0.25, 0.3) is 5.56 Å². The van der Waals surface area contributed by atoms with Gasteiger partial charge in [0.1, 0.15) is 0 Å². The third-order valence-corrected chi connectivity index (χ3v) is 5.87. The lowest BCUT2D eigenvalue weighted by Gasteiger charge is -2.22. The predicted molar refractivity (Wildman–Crippen MR) is 130 cm³/mol. The number of rotatable bonds is 9. The second-order valence-electron chi connectivity index (χ2n) is 8.28. The molecular formula is C25H37N5O. The molecule has 1 fully saturated rings. The van der Waals surface area contributed by atoms with Gasteiger partial charge in [0.05, 0.1) is 6.04 Å². The summed E-state index contributed by atoms with van der Waals surface area (Å²) in [5.41, 5.74) is 3.67. The number of nitrogens with zero attached hydrogens (tertiary/aromatic N) is 3. The number of benzene rings is 1. The number of pyridine rings is 1. The molecule has 0 amide bonds. The summed E-state index contributed by atoms with van der Waals surface area (Å²) < 4.78 is 1.84. The van der Waals surface area contributed by atoms with Crippen LogP contribution in [0.2, 0.25) is 0 Å². The van der Waals surface area contributed by atoms with Crippen LogP contribution in [0, 0.1) is 6.92 Å². The first-order chi connectivity index (χ1) is 15.1. The van der Waals surface area contributed by atoms with Crippen molar-refractivity contribution in [3.05, 3.63) is 64.1 Å². The summed E-state index contributed by atoms with van der Waals surface area (Å²) in [5.74, 6) is 0.842. The molecule has 0 aliphatic carbocycles. The van der Waals surface area contributed by atoms with Gasteiger partial charge < -0.3 is 20.1 Å². The molecule has 1 aromatic carbocycles. The van der Waals surface area contributed by atoms with Crippen molar-refractivity contribution in [2.45, 2.75) is 59.0 Å². The Hall–Kier alpha value is -2.76. The van der Waals surface area contributed by atoms with Crippen molar-refractivity contribution in [1.82, 2.24) is 15.2 Å². The Balaban J connectivity index is 1.53. The van der Waals surface area contributed by atoms with Crippen molar-refractivity contribution in [3.63, 3.8) is 0 Å². The van der Waals surface area contributed by atoms with Gasteiger partial charge in [-0.15, -0.1) is 0 Å². The van der Waals surface area contributed by atoms with E-state index in [0.29, 0.717) is 0 Å². The molecule has 0 saturated carbocycles. The smallest absolute Gasteiger partial charge is 0.250 e. The number of hydrogen-bond donors (Lipinski definition) is 2. The van der Waals surface area contributed by atoms with E-state index in [1.54, 1.807) is 6.07 Å². The molecule has 1 aromatic heterocycles. The van der Waals surface area contributed by atoms with E-state index >= 15 is 0 Å². The summed E-state index contributed by atoms with van der Waals surface area (Å²) in [7, 11) is 0. The van der Waals surface area contributed by atoms with Crippen LogP contribution in [0.5, 0.6) is 0 Å². The average molecular weight is 424 g/mol. The molecule has 168 valence electrons. The van der Waals surface area contributed by atoms with Gasteiger partial charge in [-0.05, 0) is 70.2 Å². The van der Waals surface area contributed by atoms with Crippen molar-refractivity contribution in [3.8, 4) is 0 Å². The van der Waals surface area contributed by atoms with Crippen LogP contribution in [0.3, 0.4) is 0 Å². The zero-order valence-corrected chi connectivity index (χ0v) is 19.2. The zero-order chi connectivity index (χ0) is 22.1. The summed E-state index contributed by atoms with van der Waals surface area (Å²) >= 11 is 0. The van der Waals surface area contributed by atoms with Crippen molar-refractivity contribution in [2.75, 3.05) is 31.1 Å². The summed E-state index contributed by atoms with van der Waals surface area (Å²) in [6.07, 6.45) is 4.44. The Labute approximate surface area is 186 Å². The maximum atomic E-state index is 12.0. The fourth-order valence-electron chi connectivity index (χ4n) is 4.06. The third-order valence-electron chi connectivity index (χ3n) is 5.87. The molecule has 1 aliphatic heterocycles. The highest BCUT2D eigenvalue weighted by Gasteiger charge is 2.14. The van der Waals surface area contributed by atoms with Crippen molar-refractivity contribution >= 4 is 11.6 Å². The van der Waals surface area contributed by atoms with Gasteiger partial charge in [0, 0.05) is 50.2 Å². The SMILES string of the molecule is CCNC(=NCCCCn1c(C)cccc1=O)NC(C)c1cccc(N2CCCC2)c1. The Morgan fingerprint density at radius 3 is 2.65 bits per heavy atom. The fourth-order valence-corrected chi connectivity index (χ4v) is 4.06. The molecule has 31 heavy (non-hydrogen) atoms. The normalized spacial score (nSPS) is 15.2. The number of anilines is 1. The fraction of sp³-hybridized carbons (Fsp3) is 0.520. The topological polar surface area (TPSA) is 61.7 Å². The molecule has 1 saturated heterocycles. The lowest BCUT2D eigenvalue weighted by Crippen LogP contribution is -2.38. The zero-order valence-electron chi connectivity index (χ0n) is 19.2. The summed E-state index contributed by atoms with van der Waals surface area (Å²) in [6, 6.07) is 14.4. The molecule has 0 spiro atoms. The lowest BCUT2D eigenvalue weighted by molar-refractivity contribution is 0.584. The molecule has 0 radical (unpaired) electrons. The summed E-state index contributed by atoms with van der Waals surface area (Å²) in [6.45, 7) is 10.9. The van der Waals surface area contributed by atoms with Crippen LogP contribution in [0.25, 0.3) is 0 Å². The van der Waals surface area contributed by atoms with Crippen LogP contribution in [-0.4, -0.2) is 36.7 Å². The van der Waals surface area contributed by atoms with Crippen molar-refractivity contribution in [1.29, 1.82) is 0 Å².